The minimum absolute atomic E-state index is 0.164. The first-order valence-corrected chi connectivity index (χ1v) is 13.9. The number of halogens is 2. The summed E-state index contributed by atoms with van der Waals surface area (Å²) in [6.45, 7) is 2.65. The number of methoxy groups -OCH3 is 1. The average molecular weight is 530 g/mol. The molecule has 0 N–H and O–H groups in total. The standard InChI is InChI=1S/C32H33F2N3O2/c1-39-30-11-5-4-10-26(30)31-35-29-15-12-22(25-14-13-23(33)18-28(25)34)17-27(29)32(38)37(31)20-21-7-6-16-36(19-21)24-8-2-3-9-24/h4-5,10-15,17-18,21,24H,2-3,6-9,16,19-20H2,1H3. The van der Waals surface area contributed by atoms with Gasteiger partial charge in [0.15, 0.2) is 0 Å². The maximum Gasteiger partial charge on any atom is 0.261 e. The van der Waals surface area contributed by atoms with Gasteiger partial charge in [-0.25, -0.2) is 13.8 Å². The Morgan fingerprint density at radius 2 is 1.77 bits per heavy atom. The number of benzene rings is 3. The Morgan fingerprint density at radius 1 is 0.949 bits per heavy atom. The van der Waals surface area contributed by atoms with Gasteiger partial charge in [0.2, 0.25) is 0 Å². The molecule has 1 unspecified atom stereocenters. The molecule has 1 saturated carbocycles. The number of nitrogens with zero attached hydrogens (tertiary/aromatic N) is 3. The Bertz CT molecular complexity index is 1560. The fourth-order valence-corrected chi connectivity index (χ4v) is 6.42. The largest absolute Gasteiger partial charge is 0.496 e. The van der Waals surface area contributed by atoms with Crippen LogP contribution >= 0.6 is 0 Å². The normalized spacial score (nSPS) is 18.6. The molecule has 1 aliphatic carbocycles. The number of rotatable bonds is 6. The zero-order chi connectivity index (χ0) is 26.9. The van der Waals surface area contributed by atoms with Crippen molar-refractivity contribution in [2.75, 3.05) is 20.2 Å². The maximum atomic E-state index is 14.6. The number of hydrogen-bond acceptors (Lipinski definition) is 4. The van der Waals surface area contributed by atoms with Gasteiger partial charge in [0, 0.05) is 30.8 Å². The summed E-state index contributed by atoms with van der Waals surface area (Å²) >= 11 is 0. The van der Waals surface area contributed by atoms with Crippen molar-refractivity contribution in [3.63, 3.8) is 0 Å². The second-order valence-electron chi connectivity index (χ2n) is 10.8. The summed E-state index contributed by atoms with van der Waals surface area (Å²) in [6, 6.07) is 16.9. The number of para-hydroxylation sites is 1. The summed E-state index contributed by atoms with van der Waals surface area (Å²) < 4.78 is 35.6. The van der Waals surface area contributed by atoms with Crippen LogP contribution in [0, 0.1) is 17.6 Å². The molecule has 39 heavy (non-hydrogen) atoms. The molecule has 2 fully saturated rings. The number of likely N-dealkylation sites (tertiary alicyclic amines) is 1. The predicted molar refractivity (Wildman–Crippen MR) is 150 cm³/mol. The first-order chi connectivity index (χ1) is 19.0. The highest BCUT2D eigenvalue weighted by Crippen LogP contribution is 2.33. The molecule has 7 heteroatoms. The summed E-state index contributed by atoms with van der Waals surface area (Å²) in [5.74, 6) is 0.244. The molecule has 1 saturated heterocycles. The second-order valence-corrected chi connectivity index (χ2v) is 10.8. The number of fused-ring (bicyclic) bond motifs is 1. The topological polar surface area (TPSA) is 47.4 Å². The molecule has 2 aliphatic rings. The molecular formula is C32H33F2N3O2. The highest BCUT2D eigenvalue weighted by molar-refractivity contribution is 5.85. The molecule has 2 heterocycles. The van der Waals surface area contributed by atoms with Crippen LogP contribution in [0.25, 0.3) is 33.4 Å². The van der Waals surface area contributed by atoms with Crippen molar-refractivity contribution in [2.24, 2.45) is 5.92 Å². The molecule has 0 amide bonds. The first-order valence-electron chi connectivity index (χ1n) is 13.9. The van der Waals surface area contributed by atoms with E-state index in [2.05, 4.69) is 4.90 Å². The monoisotopic (exact) mass is 529 g/mol. The zero-order valence-corrected chi connectivity index (χ0v) is 22.2. The van der Waals surface area contributed by atoms with E-state index in [-0.39, 0.29) is 11.1 Å². The third-order valence-corrected chi connectivity index (χ3v) is 8.38. The number of aromatic nitrogens is 2. The summed E-state index contributed by atoms with van der Waals surface area (Å²) in [5.41, 5.74) is 1.89. The molecule has 5 nitrogen and oxygen atoms in total. The molecule has 4 aromatic rings. The summed E-state index contributed by atoms with van der Waals surface area (Å²) in [4.78, 5) is 21.8. The summed E-state index contributed by atoms with van der Waals surface area (Å²) in [7, 11) is 1.62. The smallest absolute Gasteiger partial charge is 0.261 e. The van der Waals surface area contributed by atoms with Crippen molar-refractivity contribution in [1.29, 1.82) is 0 Å². The fraction of sp³-hybridized carbons (Fsp3) is 0.375. The second kappa shape index (κ2) is 10.9. The van der Waals surface area contributed by atoms with Gasteiger partial charge in [-0.15, -0.1) is 0 Å². The lowest BCUT2D eigenvalue weighted by Gasteiger charge is -2.37. The molecule has 202 valence electrons. The van der Waals surface area contributed by atoms with E-state index in [1.807, 2.05) is 24.3 Å². The summed E-state index contributed by atoms with van der Waals surface area (Å²) in [5, 5.41) is 0.415. The van der Waals surface area contributed by atoms with Crippen molar-refractivity contribution in [2.45, 2.75) is 51.1 Å². The predicted octanol–water partition coefficient (Wildman–Crippen LogP) is 6.67. The molecule has 0 bridgehead atoms. The fourth-order valence-electron chi connectivity index (χ4n) is 6.42. The van der Waals surface area contributed by atoms with Gasteiger partial charge in [-0.1, -0.05) is 31.0 Å². The van der Waals surface area contributed by atoms with Crippen LogP contribution in [0.2, 0.25) is 0 Å². The Balaban J connectivity index is 1.46. The van der Waals surface area contributed by atoms with Crippen molar-refractivity contribution in [3.8, 4) is 28.3 Å². The van der Waals surface area contributed by atoms with Crippen LogP contribution in [0.15, 0.2) is 65.5 Å². The molecule has 0 radical (unpaired) electrons. The van der Waals surface area contributed by atoms with E-state index < -0.39 is 11.6 Å². The van der Waals surface area contributed by atoms with Crippen molar-refractivity contribution < 1.29 is 13.5 Å². The van der Waals surface area contributed by atoms with Gasteiger partial charge in [-0.3, -0.25) is 9.36 Å². The van der Waals surface area contributed by atoms with Gasteiger partial charge in [0.25, 0.3) is 5.56 Å². The maximum absolute atomic E-state index is 14.6. The van der Waals surface area contributed by atoms with Gasteiger partial charge < -0.3 is 9.64 Å². The molecule has 1 atom stereocenters. The molecule has 1 aromatic heterocycles. The Kier molecular flexibility index (Phi) is 7.17. The van der Waals surface area contributed by atoms with Crippen LogP contribution in [-0.2, 0) is 6.54 Å². The van der Waals surface area contributed by atoms with Gasteiger partial charge >= 0.3 is 0 Å². The van der Waals surface area contributed by atoms with Crippen LogP contribution in [0.3, 0.4) is 0 Å². The van der Waals surface area contributed by atoms with Crippen LogP contribution in [0.4, 0.5) is 8.78 Å². The van der Waals surface area contributed by atoms with Crippen LogP contribution < -0.4 is 10.3 Å². The van der Waals surface area contributed by atoms with Crippen molar-refractivity contribution in [1.82, 2.24) is 14.5 Å². The van der Waals surface area contributed by atoms with Gasteiger partial charge in [-0.2, -0.15) is 0 Å². The quantitative estimate of drug-likeness (QED) is 0.280. The van der Waals surface area contributed by atoms with Gasteiger partial charge in [0.05, 0.1) is 23.6 Å². The molecule has 1 aliphatic heterocycles. The molecule has 3 aromatic carbocycles. The Morgan fingerprint density at radius 3 is 2.56 bits per heavy atom. The number of hydrogen-bond donors (Lipinski definition) is 0. The molecule has 6 rings (SSSR count). The minimum Gasteiger partial charge on any atom is -0.496 e. The molecular weight excluding hydrogens is 496 g/mol. The number of piperidine rings is 1. The van der Waals surface area contributed by atoms with E-state index in [0.29, 0.717) is 46.5 Å². The van der Waals surface area contributed by atoms with E-state index in [9.17, 15) is 13.6 Å². The lowest BCUT2D eigenvalue weighted by Crippen LogP contribution is -2.43. The SMILES string of the molecule is COc1ccccc1-c1nc2ccc(-c3ccc(F)cc3F)cc2c(=O)n1CC1CCCN(C2CCCC2)C1. The lowest BCUT2D eigenvalue weighted by atomic mass is 9.95. The average Bonchev–Trinajstić information content (AvgIpc) is 3.50. The van der Waals surface area contributed by atoms with E-state index >= 15 is 0 Å². The Labute approximate surface area is 227 Å². The number of ether oxygens (including phenoxy) is 1. The van der Waals surface area contributed by atoms with E-state index in [4.69, 9.17) is 9.72 Å². The highest BCUT2D eigenvalue weighted by Gasteiger charge is 2.29. The van der Waals surface area contributed by atoms with Crippen LogP contribution in [0.5, 0.6) is 5.75 Å². The Hall–Kier alpha value is -3.58. The third kappa shape index (κ3) is 5.08. The van der Waals surface area contributed by atoms with Crippen LogP contribution in [0.1, 0.15) is 38.5 Å². The summed E-state index contributed by atoms with van der Waals surface area (Å²) in [6.07, 6.45) is 7.30. The van der Waals surface area contributed by atoms with Crippen molar-refractivity contribution in [3.05, 3.63) is 82.7 Å². The minimum atomic E-state index is -0.664. The lowest BCUT2D eigenvalue weighted by molar-refractivity contribution is 0.116. The molecule has 0 spiro atoms. The van der Waals surface area contributed by atoms with E-state index in [1.54, 1.807) is 29.9 Å². The van der Waals surface area contributed by atoms with E-state index in [0.717, 1.165) is 37.6 Å². The van der Waals surface area contributed by atoms with E-state index in [1.165, 1.54) is 37.8 Å². The van der Waals surface area contributed by atoms with Crippen LogP contribution in [-0.4, -0.2) is 40.7 Å². The first kappa shape index (κ1) is 25.7. The zero-order valence-electron chi connectivity index (χ0n) is 22.2. The highest BCUT2D eigenvalue weighted by atomic mass is 19.1. The van der Waals surface area contributed by atoms with Crippen molar-refractivity contribution >= 4 is 10.9 Å². The van der Waals surface area contributed by atoms with Gasteiger partial charge in [0.1, 0.15) is 23.2 Å². The third-order valence-electron chi connectivity index (χ3n) is 8.38. The van der Waals surface area contributed by atoms with Gasteiger partial charge in [-0.05, 0) is 80.1 Å².